The van der Waals surface area contributed by atoms with Gasteiger partial charge in [0.1, 0.15) is 0 Å². The third-order valence-electron chi connectivity index (χ3n) is 2.18. The predicted octanol–water partition coefficient (Wildman–Crippen LogP) is 1.93. The van der Waals surface area contributed by atoms with Crippen molar-refractivity contribution < 1.29 is 13.2 Å². The van der Waals surface area contributed by atoms with E-state index < -0.39 is 10.0 Å². The highest BCUT2D eigenvalue weighted by Crippen LogP contribution is 2.15. The molecule has 1 aromatic carbocycles. The monoisotopic (exact) mass is 277 g/mol. The molecule has 0 aliphatic carbocycles. The van der Waals surface area contributed by atoms with Crippen molar-refractivity contribution in [2.45, 2.75) is 19.4 Å². The van der Waals surface area contributed by atoms with Crippen LogP contribution in [0.3, 0.4) is 0 Å². The molecule has 0 amide bonds. The van der Waals surface area contributed by atoms with Gasteiger partial charge in [-0.1, -0.05) is 29.8 Å². The van der Waals surface area contributed by atoms with Gasteiger partial charge in [-0.25, -0.2) is 13.6 Å². The fourth-order valence-corrected chi connectivity index (χ4v) is 2.10. The molecule has 2 N–H and O–H groups in total. The van der Waals surface area contributed by atoms with Crippen LogP contribution in [0.25, 0.3) is 0 Å². The Balaban J connectivity index is 2.15. The molecule has 0 aromatic heterocycles. The maximum absolute atomic E-state index is 10.6. The van der Waals surface area contributed by atoms with E-state index in [-0.39, 0.29) is 5.75 Å². The van der Waals surface area contributed by atoms with Crippen molar-refractivity contribution in [3.05, 3.63) is 34.9 Å². The summed E-state index contributed by atoms with van der Waals surface area (Å²) in [5.74, 6) is 0.00243. The van der Waals surface area contributed by atoms with Crippen LogP contribution in [0.4, 0.5) is 0 Å². The number of halogens is 1. The molecular formula is C11H16ClNO3S. The van der Waals surface area contributed by atoms with Crippen molar-refractivity contribution >= 4 is 21.6 Å². The molecule has 0 aliphatic rings. The first-order valence-corrected chi connectivity index (χ1v) is 7.40. The molecule has 0 radical (unpaired) electrons. The van der Waals surface area contributed by atoms with Crippen LogP contribution < -0.4 is 5.14 Å². The zero-order valence-electron chi connectivity index (χ0n) is 9.43. The molecule has 0 bridgehead atoms. The third kappa shape index (κ3) is 6.63. The maximum atomic E-state index is 10.6. The SMILES string of the molecule is NS(=O)(=O)CCCCOCc1ccccc1Cl. The Morgan fingerprint density at radius 3 is 2.59 bits per heavy atom. The summed E-state index contributed by atoms with van der Waals surface area (Å²) in [4.78, 5) is 0. The lowest BCUT2D eigenvalue weighted by Gasteiger charge is -2.05. The number of hydrogen-bond donors (Lipinski definition) is 1. The summed E-state index contributed by atoms with van der Waals surface area (Å²) in [7, 11) is -3.35. The van der Waals surface area contributed by atoms with Crippen LogP contribution in [0.1, 0.15) is 18.4 Å². The van der Waals surface area contributed by atoms with E-state index in [1.807, 2.05) is 18.2 Å². The molecule has 0 heterocycles. The Hall–Kier alpha value is -0.620. The van der Waals surface area contributed by atoms with E-state index in [4.69, 9.17) is 21.5 Å². The normalized spacial score (nSPS) is 11.6. The molecule has 0 saturated heterocycles. The Morgan fingerprint density at radius 1 is 1.24 bits per heavy atom. The lowest BCUT2D eigenvalue weighted by atomic mass is 10.2. The van der Waals surface area contributed by atoms with E-state index >= 15 is 0 Å². The average molecular weight is 278 g/mol. The smallest absolute Gasteiger partial charge is 0.209 e. The lowest BCUT2D eigenvalue weighted by molar-refractivity contribution is 0.118. The van der Waals surface area contributed by atoms with Crippen molar-refractivity contribution in [2.24, 2.45) is 5.14 Å². The highest BCUT2D eigenvalue weighted by Gasteiger charge is 2.02. The van der Waals surface area contributed by atoms with Gasteiger partial charge in [-0.2, -0.15) is 0 Å². The van der Waals surface area contributed by atoms with Crippen LogP contribution in [0, 0.1) is 0 Å². The van der Waals surface area contributed by atoms with E-state index in [1.54, 1.807) is 6.07 Å². The first kappa shape index (κ1) is 14.4. The van der Waals surface area contributed by atoms with Gasteiger partial charge in [-0.3, -0.25) is 0 Å². The van der Waals surface area contributed by atoms with Crippen LogP contribution in [0.2, 0.25) is 5.02 Å². The molecule has 0 spiro atoms. The second kappa shape index (κ2) is 6.96. The molecule has 0 atom stereocenters. The molecule has 4 nitrogen and oxygen atoms in total. The molecule has 1 aromatic rings. The summed E-state index contributed by atoms with van der Waals surface area (Å²) >= 11 is 5.95. The minimum atomic E-state index is -3.35. The standard InChI is InChI=1S/C11H16ClNO3S/c12-11-6-2-1-5-10(11)9-16-7-3-4-8-17(13,14)15/h1-2,5-6H,3-4,7-9H2,(H2,13,14,15). The van der Waals surface area contributed by atoms with Crippen LogP contribution in [0.5, 0.6) is 0 Å². The molecular weight excluding hydrogens is 262 g/mol. The average Bonchev–Trinajstić information content (AvgIpc) is 2.24. The number of ether oxygens (including phenoxy) is 1. The van der Waals surface area contributed by atoms with Crippen LogP contribution in [-0.2, 0) is 21.4 Å². The van der Waals surface area contributed by atoms with Gasteiger partial charge >= 0.3 is 0 Å². The summed E-state index contributed by atoms with van der Waals surface area (Å²) in [5, 5.41) is 5.55. The predicted molar refractivity (Wildman–Crippen MR) is 68.3 cm³/mol. The summed E-state index contributed by atoms with van der Waals surface area (Å²) in [6.07, 6.45) is 1.18. The summed E-state index contributed by atoms with van der Waals surface area (Å²) in [5.41, 5.74) is 0.931. The first-order chi connectivity index (χ1) is 7.99. The Kier molecular flexibility index (Phi) is 5.91. The maximum Gasteiger partial charge on any atom is 0.209 e. The van der Waals surface area contributed by atoms with E-state index in [1.165, 1.54) is 0 Å². The zero-order valence-corrected chi connectivity index (χ0v) is 11.0. The molecule has 0 unspecified atom stereocenters. The Morgan fingerprint density at radius 2 is 1.94 bits per heavy atom. The van der Waals surface area contributed by atoms with Gasteiger partial charge in [0.05, 0.1) is 12.4 Å². The second-order valence-electron chi connectivity index (χ2n) is 3.72. The largest absolute Gasteiger partial charge is 0.377 e. The topological polar surface area (TPSA) is 69.4 Å². The highest BCUT2D eigenvalue weighted by atomic mass is 35.5. The molecule has 6 heteroatoms. The Labute approximate surface area is 107 Å². The number of sulfonamides is 1. The van der Waals surface area contributed by atoms with E-state index in [0.29, 0.717) is 31.1 Å². The minimum absolute atomic E-state index is 0.00243. The van der Waals surface area contributed by atoms with Gasteiger partial charge in [0.2, 0.25) is 10.0 Å². The molecule has 96 valence electrons. The number of rotatable bonds is 7. The van der Waals surface area contributed by atoms with Gasteiger partial charge < -0.3 is 4.74 Å². The van der Waals surface area contributed by atoms with Crippen LogP contribution in [-0.4, -0.2) is 20.8 Å². The number of benzene rings is 1. The van der Waals surface area contributed by atoms with E-state index in [0.717, 1.165) is 5.56 Å². The highest BCUT2D eigenvalue weighted by molar-refractivity contribution is 7.89. The van der Waals surface area contributed by atoms with Crippen LogP contribution in [0.15, 0.2) is 24.3 Å². The zero-order chi connectivity index (χ0) is 12.7. The lowest BCUT2D eigenvalue weighted by Crippen LogP contribution is -2.16. The minimum Gasteiger partial charge on any atom is -0.377 e. The molecule has 17 heavy (non-hydrogen) atoms. The number of hydrogen-bond acceptors (Lipinski definition) is 3. The van der Waals surface area contributed by atoms with Gasteiger partial charge in [-0.05, 0) is 24.5 Å². The van der Waals surface area contributed by atoms with Gasteiger partial charge in [0, 0.05) is 11.6 Å². The van der Waals surface area contributed by atoms with Crippen molar-refractivity contribution in [1.82, 2.24) is 0 Å². The van der Waals surface area contributed by atoms with Crippen LogP contribution >= 0.6 is 11.6 Å². The fourth-order valence-electron chi connectivity index (χ4n) is 1.30. The molecule has 0 fully saturated rings. The van der Waals surface area contributed by atoms with E-state index in [9.17, 15) is 8.42 Å². The van der Waals surface area contributed by atoms with Gasteiger partial charge in [0.15, 0.2) is 0 Å². The van der Waals surface area contributed by atoms with E-state index in [2.05, 4.69) is 0 Å². The summed E-state index contributed by atoms with van der Waals surface area (Å²) in [6.45, 7) is 0.940. The summed E-state index contributed by atoms with van der Waals surface area (Å²) < 4.78 is 26.7. The van der Waals surface area contributed by atoms with Crippen molar-refractivity contribution in [2.75, 3.05) is 12.4 Å². The quantitative estimate of drug-likeness (QED) is 0.774. The van der Waals surface area contributed by atoms with Gasteiger partial charge in [-0.15, -0.1) is 0 Å². The Bertz CT molecular complexity index is 448. The molecule has 0 aliphatic heterocycles. The van der Waals surface area contributed by atoms with Crippen molar-refractivity contribution in [3.63, 3.8) is 0 Å². The number of nitrogens with two attached hydrogens (primary N) is 1. The summed E-state index contributed by atoms with van der Waals surface area (Å²) in [6, 6.07) is 7.46. The number of unbranched alkanes of at least 4 members (excludes halogenated alkanes) is 1. The third-order valence-corrected chi connectivity index (χ3v) is 3.41. The fraction of sp³-hybridized carbons (Fsp3) is 0.455. The second-order valence-corrected chi connectivity index (χ2v) is 5.86. The molecule has 0 saturated carbocycles. The van der Waals surface area contributed by atoms with Gasteiger partial charge in [0.25, 0.3) is 0 Å². The van der Waals surface area contributed by atoms with Crippen molar-refractivity contribution in [1.29, 1.82) is 0 Å². The van der Waals surface area contributed by atoms with Crippen molar-refractivity contribution in [3.8, 4) is 0 Å². The number of primary sulfonamides is 1. The first-order valence-electron chi connectivity index (χ1n) is 5.30. The molecule has 1 rings (SSSR count).